The van der Waals surface area contributed by atoms with Crippen molar-refractivity contribution in [3.63, 3.8) is 0 Å². The highest BCUT2D eigenvalue weighted by molar-refractivity contribution is 5.99. The molecule has 7 heteroatoms. The summed E-state index contributed by atoms with van der Waals surface area (Å²) in [7, 11) is 0. The van der Waals surface area contributed by atoms with Crippen molar-refractivity contribution in [2.75, 3.05) is 18.9 Å². The lowest BCUT2D eigenvalue weighted by molar-refractivity contribution is -0.385. The maximum absolute atomic E-state index is 11.9. The molecule has 1 unspecified atom stereocenters. The molecule has 0 aliphatic heterocycles. The number of nitro benzene ring substituents is 1. The van der Waals surface area contributed by atoms with Crippen LogP contribution in [0.4, 0.5) is 11.4 Å². The average Bonchev–Trinajstić information content (AvgIpc) is 2.35. The average molecular weight is 267 g/mol. The smallest absolute Gasteiger partial charge is 0.282 e. The zero-order valence-corrected chi connectivity index (χ0v) is 10.9. The van der Waals surface area contributed by atoms with Gasteiger partial charge in [-0.05, 0) is 26.0 Å². The van der Waals surface area contributed by atoms with Crippen molar-refractivity contribution in [2.45, 2.75) is 20.0 Å². The van der Waals surface area contributed by atoms with Crippen LogP contribution < -0.4 is 11.1 Å². The van der Waals surface area contributed by atoms with Crippen LogP contribution in [0.1, 0.15) is 24.2 Å². The fourth-order valence-electron chi connectivity index (χ4n) is 1.57. The predicted octanol–water partition coefficient (Wildman–Crippen LogP) is 1.33. The van der Waals surface area contributed by atoms with Gasteiger partial charge < -0.3 is 15.8 Å². The number of hydrogen-bond acceptors (Lipinski definition) is 5. The van der Waals surface area contributed by atoms with Crippen LogP contribution in [0.2, 0.25) is 0 Å². The minimum atomic E-state index is -0.611. The molecule has 1 aromatic rings. The fourth-order valence-corrected chi connectivity index (χ4v) is 1.57. The molecular weight excluding hydrogens is 250 g/mol. The summed E-state index contributed by atoms with van der Waals surface area (Å²) in [4.78, 5) is 22.1. The van der Waals surface area contributed by atoms with Crippen LogP contribution in [0.5, 0.6) is 0 Å². The molecule has 0 saturated carbocycles. The zero-order valence-electron chi connectivity index (χ0n) is 10.9. The van der Waals surface area contributed by atoms with Gasteiger partial charge >= 0.3 is 0 Å². The summed E-state index contributed by atoms with van der Waals surface area (Å²) in [5.41, 5.74) is 5.53. The van der Waals surface area contributed by atoms with E-state index in [-0.39, 0.29) is 23.9 Å². The van der Waals surface area contributed by atoms with E-state index in [4.69, 9.17) is 10.5 Å². The Balaban J connectivity index is 2.81. The Bertz CT molecular complexity index is 476. The second kappa shape index (κ2) is 6.69. The third-order valence-corrected chi connectivity index (χ3v) is 2.46. The third kappa shape index (κ3) is 4.22. The van der Waals surface area contributed by atoms with E-state index in [0.717, 1.165) is 0 Å². The van der Waals surface area contributed by atoms with Crippen molar-refractivity contribution < 1.29 is 14.5 Å². The predicted molar refractivity (Wildman–Crippen MR) is 70.9 cm³/mol. The summed E-state index contributed by atoms with van der Waals surface area (Å²) in [6.45, 7) is 4.46. The molecule has 0 spiro atoms. The first-order valence-corrected chi connectivity index (χ1v) is 5.89. The van der Waals surface area contributed by atoms with Gasteiger partial charge in [0.2, 0.25) is 0 Å². The number of hydrogen-bond donors (Lipinski definition) is 2. The van der Waals surface area contributed by atoms with Gasteiger partial charge in [-0.15, -0.1) is 0 Å². The maximum atomic E-state index is 11.9. The van der Waals surface area contributed by atoms with Crippen molar-refractivity contribution in [3.05, 3.63) is 33.9 Å². The number of nitrogens with two attached hydrogens (primary N) is 1. The van der Waals surface area contributed by atoms with Gasteiger partial charge in [0.05, 0.1) is 11.0 Å². The highest BCUT2D eigenvalue weighted by Crippen LogP contribution is 2.20. The summed E-state index contributed by atoms with van der Waals surface area (Å²) in [5, 5.41) is 13.4. The molecule has 0 aromatic heterocycles. The number of ether oxygens (including phenoxy) is 1. The fraction of sp³-hybridized carbons (Fsp3) is 0.417. The molecule has 0 saturated heterocycles. The standard InChI is InChI=1S/C12H17N3O4/c1-3-19-8(2)7-14-12(16)10-6-9(13)4-5-11(10)15(17)18/h4-6,8H,3,7,13H2,1-2H3,(H,14,16). The highest BCUT2D eigenvalue weighted by atomic mass is 16.6. The first-order chi connectivity index (χ1) is 8.95. The van der Waals surface area contributed by atoms with Crippen LogP contribution in [0.15, 0.2) is 18.2 Å². The van der Waals surface area contributed by atoms with Crippen LogP contribution in [0, 0.1) is 10.1 Å². The van der Waals surface area contributed by atoms with Gasteiger partial charge in [-0.1, -0.05) is 0 Å². The number of nitrogens with zero attached hydrogens (tertiary/aromatic N) is 1. The van der Waals surface area contributed by atoms with E-state index in [9.17, 15) is 14.9 Å². The lowest BCUT2D eigenvalue weighted by atomic mass is 10.1. The number of benzene rings is 1. The highest BCUT2D eigenvalue weighted by Gasteiger charge is 2.20. The van der Waals surface area contributed by atoms with Gasteiger partial charge in [0.15, 0.2) is 0 Å². The molecule has 0 radical (unpaired) electrons. The number of nitrogens with one attached hydrogen (secondary N) is 1. The number of anilines is 1. The Morgan fingerprint density at radius 1 is 1.58 bits per heavy atom. The molecule has 1 aromatic carbocycles. The van der Waals surface area contributed by atoms with Crippen LogP contribution in [0.3, 0.4) is 0 Å². The largest absolute Gasteiger partial charge is 0.399 e. The van der Waals surface area contributed by atoms with Crippen molar-refractivity contribution in [1.82, 2.24) is 5.32 Å². The van der Waals surface area contributed by atoms with Gasteiger partial charge in [0.1, 0.15) is 5.56 Å². The molecular formula is C12H17N3O4. The van der Waals surface area contributed by atoms with E-state index < -0.39 is 10.8 Å². The first-order valence-electron chi connectivity index (χ1n) is 5.89. The molecule has 1 rings (SSSR count). The van der Waals surface area contributed by atoms with Gasteiger partial charge in [-0.3, -0.25) is 14.9 Å². The van der Waals surface area contributed by atoms with Crippen LogP contribution >= 0.6 is 0 Å². The molecule has 19 heavy (non-hydrogen) atoms. The van der Waals surface area contributed by atoms with Crippen LogP contribution in [0.25, 0.3) is 0 Å². The molecule has 0 bridgehead atoms. The monoisotopic (exact) mass is 267 g/mol. The molecule has 104 valence electrons. The normalized spacial score (nSPS) is 11.9. The van der Waals surface area contributed by atoms with Crippen molar-refractivity contribution in [3.8, 4) is 0 Å². The Labute approximate surface area is 110 Å². The number of amides is 1. The lowest BCUT2D eigenvalue weighted by Gasteiger charge is -2.12. The second-order valence-corrected chi connectivity index (χ2v) is 4.01. The molecule has 0 fully saturated rings. The zero-order chi connectivity index (χ0) is 14.4. The van der Waals surface area contributed by atoms with Crippen molar-refractivity contribution in [2.24, 2.45) is 0 Å². The van der Waals surface area contributed by atoms with Gasteiger partial charge in [-0.25, -0.2) is 0 Å². The molecule has 1 amide bonds. The maximum Gasteiger partial charge on any atom is 0.282 e. The van der Waals surface area contributed by atoms with Crippen LogP contribution in [-0.4, -0.2) is 30.1 Å². The molecule has 0 aliphatic carbocycles. The van der Waals surface area contributed by atoms with E-state index in [1.54, 1.807) is 6.92 Å². The summed E-state index contributed by atoms with van der Waals surface area (Å²) in [5.74, 6) is -0.537. The number of carbonyl (C=O) groups excluding carboxylic acids is 1. The van der Waals surface area contributed by atoms with E-state index in [1.807, 2.05) is 6.92 Å². The number of carbonyl (C=O) groups is 1. The van der Waals surface area contributed by atoms with Crippen molar-refractivity contribution in [1.29, 1.82) is 0 Å². The van der Waals surface area contributed by atoms with Gasteiger partial charge in [0.25, 0.3) is 11.6 Å². The molecule has 0 aliphatic rings. The summed E-state index contributed by atoms with van der Waals surface area (Å²) >= 11 is 0. The number of rotatable bonds is 6. The van der Waals surface area contributed by atoms with E-state index in [2.05, 4.69) is 5.32 Å². The Hall–Kier alpha value is -2.15. The first kappa shape index (κ1) is 14.9. The minimum Gasteiger partial charge on any atom is -0.399 e. The summed E-state index contributed by atoms with van der Waals surface area (Å²) in [6, 6.07) is 3.90. The van der Waals surface area contributed by atoms with Crippen LogP contribution in [-0.2, 0) is 4.74 Å². The Kier molecular flexibility index (Phi) is 5.25. The third-order valence-electron chi connectivity index (χ3n) is 2.46. The minimum absolute atomic E-state index is 0.0475. The van der Waals surface area contributed by atoms with E-state index in [1.165, 1.54) is 18.2 Å². The molecule has 3 N–H and O–H groups in total. The number of nitro groups is 1. The Morgan fingerprint density at radius 3 is 2.84 bits per heavy atom. The summed E-state index contributed by atoms with van der Waals surface area (Å²) in [6.07, 6.45) is -0.158. The quantitative estimate of drug-likeness (QED) is 0.459. The molecule has 7 nitrogen and oxygen atoms in total. The SMILES string of the molecule is CCOC(C)CNC(=O)c1cc(N)ccc1[N+](=O)[O-]. The van der Waals surface area contributed by atoms with Gasteiger partial charge in [-0.2, -0.15) is 0 Å². The topological polar surface area (TPSA) is 107 Å². The van der Waals surface area contributed by atoms with E-state index in [0.29, 0.717) is 12.3 Å². The Morgan fingerprint density at radius 2 is 2.26 bits per heavy atom. The van der Waals surface area contributed by atoms with Crippen molar-refractivity contribution >= 4 is 17.3 Å². The lowest BCUT2D eigenvalue weighted by Crippen LogP contribution is -2.32. The molecule has 1 atom stereocenters. The van der Waals surface area contributed by atoms with E-state index >= 15 is 0 Å². The number of nitrogen functional groups attached to an aromatic ring is 1. The second-order valence-electron chi connectivity index (χ2n) is 4.01. The summed E-state index contributed by atoms with van der Waals surface area (Å²) < 4.78 is 5.26. The molecule has 0 heterocycles. The van der Waals surface area contributed by atoms with Gasteiger partial charge in [0, 0.05) is 24.9 Å².